The van der Waals surface area contributed by atoms with E-state index in [-0.39, 0.29) is 6.09 Å². The Kier molecular flexibility index (Phi) is 6.35. The molecule has 23 heavy (non-hydrogen) atoms. The Balaban J connectivity index is 1.78. The average molecular weight is 325 g/mol. The van der Waals surface area contributed by atoms with E-state index in [1.54, 1.807) is 0 Å². The second-order valence-electron chi connectivity index (χ2n) is 8.54. The fourth-order valence-electron chi connectivity index (χ4n) is 3.95. The monoisotopic (exact) mass is 324 g/mol. The minimum absolute atomic E-state index is 0.154. The van der Waals surface area contributed by atoms with Gasteiger partial charge in [-0.15, -0.1) is 0 Å². The van der Waals surface area contributed by atoms with Crippen molar-refractivity contribution >= 4 is 6.09 Å². The molecule has 1 atom stereocenters. The smallest absolute Gasteiger partial charge is 0.410 e. The van der Waals surface area contributed by atoms with E-state index in [2.05, 4.69) is 12.2 Å². The quantitative estimate of drug-likeness (QED) is 0.836. The zero-order valence-corrected chi connectivity index (χ0v) is 15.6. The van der Waals surface area contributed by atoms with Crippen molar-refractivity contribution in [2.45, 2.75) is 90.7 Å². The summed E-state index contributed by atoms with van der Waals surface area (Å²) in [5, 5.41) is 3.82. The van der Waals surface area contributed by atoms with Crippen molar-refractivity contribution < 1.29 is 9.53 Å². The zero-order valence-electron chi connectivity index (χ0n) is 15.6. The van der Waals surface area contributed by atoms with Gasteiger partial charge in [0.1, 0.15) is 5.60 Å². The summed E-state index contributed by atoms with van der Waals surface area (Å²) in [5.74, 6) is 0. The molecule has 0 spiro atoms. The lowest BCUT2D eigenvalue weighted by Crippen LogP contribution is -2.40. The number of ether oxygens (including phenoxy) is 1. The van der Waals surface area contributed by atoms with Crippen LogP contribution >= 0.6 is 0 Å². The molecule has 1 heterocycles. The van der Waals surface area contributed by atoms with Gasteiger partial charge in [-0.3, -0.25) is 0 Å². The first kappa shape index (κ1) is 18.6. The van der Waals surface area contributed by atoms with Crippen LogP contribution in [0.1, 0.15) is 79.1 Å². The fourth-order valence-corrected chi connectivity index (χ4v) is 3.95. The van der Waals surface area contributed by atoms with E-state index >= 15 is 0 Å². The molecule has 2 aliphatic rings. The summed E-state index contributed by atoms with van der Waals surface area (Å²) in [6.45, 7) is 10.9. The third-order valence-corrected chi connectivity index (χ3v) is 5.56. The lowest BCUT2D eigenvalue weighted by molar-refractivity contribution is 0.0256. The Morgan fingerprint density at radius 3 is 2.48 bits per heavy atom. The Morgan fingerprint density at radius 1 is 1.17 bits per heavy atom. The van der Waals surface area contributed by atoms with Crippen molar-refractivity contribution in [2.24, 2.45) is 5.41 Å². The number of nitrogens with zero attached hydrogens (tertiary/aromatic N) is 1. The average Bonchev–Trinajstić information content (AvgIpc) is 2.81. The molecule has 0 bridgehead atoms. The minimum Gasteiger partial charge on any atom is -0.444 e. The van der Waals surface area contributed by atoms with E-state index in [4.69, 9.17) is 4.74 Å². The molecule has 1 saturated carbocycles. The van der Waals surface area contributed by atoms with Gasteiger partial charge in [-0.1, -0.05) is 19.8 Å². The highest BCUT2D eigenvalue weighted by Gasteiger charge is 2.32. The number of nitrogens with one attached hydrogen (secondary N) is 1. The molecular formula is C19H36N2O2. The zero-order chi connectivity index (χ0) is 16.9. The molecule has 2 fully saturated rings. The standard InChI is InChI=1S/C19H36N2O2/c1-5-19(11-6-7-12-19)15-20-16-9-8-13-21(14-10-16)17(22)23-18(2,3)4/h16,20H,5-15H2,1-4H3. The van der Waals surface area contributed by atoms with E-state index in [0.29, 0.717) is 11.5 Å². The predicted molar refractivity (Wildman–Crippen MR) is 94.6 cm³/mol. The largest absolute Gasteiger partial charge is 0.444 e. The maximum atomic E-state index is 12.2. The van der Waals surface area contributed by atoms with Gasteiger partial charge in [-0.25, -0.2) is 4.79 Å². The van der Waals surface area contributed by atoms with Crippen LogP contribution in [0.4, 0.5) is 4.79 Å². The minimum atomic E-state index is -0.406. The van der Waals surface area contributed by atoms with Gasteiger partial charge < -0.3 is 15.0 Å². The van der Waals surface area contributed by atoms with Crippen LogP contribution in [0.5, 0.6) is 0 Å². The van der Waals surface area contributed by atoms with E-state index in [1.807, 2.05) is 25.7 Å². The summed E-state index contributed by atoms with van der Waals surface area (Å²) in [4.78, 5) is 14.1. The maximum absolute atomic E-state index is 12.2. The number of hydrogen-bond acceptors (Lipinski definition) is 3. The van der Waals surface area contributed by atoms with Gasteiger partial charge in [0.05, 0.1) is 0 Å². The summed E-state index contributed by atoms with van der Waals surface area (Å²) in [5.41, 5.74) is 0.133. The Morgan fingerprint density at radius 2 is 1.87 bits per heavy atom. The molecule has 0 aromatic carbocycles. The normalized spacial score (nSPS) is 25.2. The fraction of sp³-hybridized carbons (Fsp3) is 0.947. The topological polar surface area (TPSA) is 41.6 Å². The first-order chi connectivity index (χ1) is 10.8. The molecule has 1 N–H and O–H groups in total. The van der Waals surface area contributed by atoms with Crippen LogP contribution in [0.3, 0.4) is 0 Å². The third-order valence-electron chi connectivity index (χ3n) is 5.56. The van der Waals surface area contributed by atoms with Crippen LogP contribution in [0.15, 0.2) is 0 Å². The van der Waals surface area contributed by atoms with Gasteiger partial charge in [0, 0.05) is 25.7 Å². The van der Waals surface area contributed by atoms with Gasteiger partial charge in [0.15, 0.2) is 0 Å². The van der Waals surface area contributed by atoms with Gasteiger partial charge >= 0.3 is 6.09 Å². The summed E-state index contributed by atoms with van der Waals surface area (Å²) in [6.07, 6.45) is 9.96. The second-order valence-corrected chi connectivity index (χ2v) is 8.54. The molecule has 0 radical (unpaired) electrons. The summed E-state index contributed by atoms with van der Waals surface area (Å²) >= 11 is 0. The first-order valence-electron chi connectivity index (χ1n) is 9.55. The van der Waals surface area contributed by atoms with Crippen LogP contribution in [0.25, 0.3) is 0 Å². The molecule has 4 nitrogen and oxygen atoms in total. The number of carbonyl (C=O) groups excluding carboxylic acids is 1. The van der Waals surface area contributed by atoms with Crippen molar-refractivity contribution in [3.8, 4) is 0 Å². The molecule has 1 unspecified atom stereocenters. The van der Waals surface area contributed by atoms with Gasteiger partial charge in [-0.2, -0.15) is 0 Å². The molecule has 2 rings (SSSR count). The highest BCUT2D eigenvalue weighted by Crippen LogP contribution is 2.40. The molecule has 0 aromatic rings. The molecule has 134 valence electrons. The highest BCUT2D eigenvalue weighted by atomic mass is 16.6. The molecular weight excluding hydrogens is 288 g/mol. The Labute approximate surface area is 142 Å². The van der Waals surface area contributed by atoms with E-state index in [9.17, 15) is 4.79 Å². The van der Waals surface area contributed by atoms with Crippen molar-refractivity contribution in [3.05, 3.63) is 0 Å². The SMILES string of the molecule is CCC1(CNC2CCCN(C(=O)OC(C)(C)C)CC2)CCCC1. The van der Waals surface area contributed by atoms with Crippen molar-refractivity contribution in [3.63, 3.8) is 0 Å². The first-order valence-corrected chi connectivity index (χ1v) is 9.55. The van der Waals surface area contributed by atoms with Crippen LogP contribution in [-0.4, -0.2) is 42.3 Å². The van der Waals surface area contributed by atoms with Gasteiger partial charge in [0.25, 0.3) is 0 Å². The van der Waals surface area contributed by atoms with E-state index in [1.165, 1.54) is 38.5 Å². The lowest BCUT2D eigenvalue weighted by atomic mass is 9.83. The van der Waals surface area contributed by atoms with Crippen molar-refractivity contribution in [1.29, 1.82) is 0 Å². The summed E-state index contributed by atoms with van der Waals surface area (Å²) < 4.78 is 5.51. The third kappa shape index (κ3) is 5.66. The Bertz CT molecular complexity index is 383. The highest BCUT2D eigenvalue weighted by molar-refractivity contribution is 5.68. The van der Waals surface area contributed by atoms with Crippen molar-refractivity contribution in [2.75, 3.05) is 19.6 Å². The van der Waals surface area contributed by atoms with Crippen LogP contribution < -0.4 is 5.32 Å². The lowest BCUT2D eigenvalue weighted by Gasteiger charge is -2.30. The van der Waals surface area contributed by atoms with Gasteiger partial charge in [0.2, 0.25) is 0 Å². The van der Waals surface area contributed by atoms with Crippen LogP contribution in [0, 0.1) is 5.41 Å². The molecule has 0 aromatic heterocycles. The van der Waals surface area contributed by atoms with Crippen LogP contribution in [-0.2, 0) is 4.74 Å². The molecule has 4 heteroatoms. The summed E-state index contributed by atoms with van der Waals surface area (Å²) in [6, 6.07) is 0.548. The van der Waals surface area contributed by atoms with E-state index < -0.39 is 5.60 Å². The number of carbonyl (C=O) groups is 1. The molecule has 1 saturated heterocycles. The molecule has 1 amide bonds. The summed E-state index contributed by atoms with van der Waals surface area (Å²) in [7, 11) is 0. The number of amides is 1. The number of likely N-dealkylation sites (tertiary alicyclic amines) is 1. The molecule has 1 aliphatic carbocycles. The predicted octanol–water partition coefficient (Wildman–Crippen LogP) is 4.34. The van der Waals surface area contributed by atoms with Gasteiger partial charge in [-0.05, 0) is 64.7 Å². The Hall–Kier alpha value is -0.770. The van der Waals surface area contributed by atoms with E-state index in [0.717, 1.165) is 32.5 Å². The molecule has 1 aliphatic heterocycles. The van der Waals surface area contributed by atoms with Crippen LogP contribution in [0.2, 0.25) is 0 Å². The maximum Gasteiger partial charge on any atom is 0.410 e. The number of rotatable bonds is 4. The number of hydrogen-bond donors (Lipinski definition) is 1. The second kappa shape index (κ2) is 7.87. The van der Waals surface area contributed by atoms with Crippen molar-refractivity contribution in [1.82, 2.24) is 10.2 Å².